The van der Waals surface area contributed by atoms with Crippen LogP contribution in [0.5, 0.6) is 0 Å². The highest BCUT2D eigenvalue weighted by molar-refractivity contribution is 7.89. The molecule has 0 radical (unpaired) electrons. The first kappa shape index (κ1) is 17.1. The fourth-order valence-corrected chi connectivity index (χ4v) is 3.42. The number of halogens is 1. The van der Waals surface area contributed by atoms with Gasteiger partial charge in [0.1, 0.15) is 12.1 Å². The Morgan fingerprint density at radius 3 is 2.60 bits per heavy atom. The number of fused-ring (bicyclic) bond motifs is 1. The summed E-state index contributed by atoms with van der Waals surface area (Å²) in [4.78, 5) is 16.2. The Morgan fingerprint density at radius 1 is 1.20 bits per heavy atom. The number of nitrogens with zero attached hydrogens (tertiary/aromatic N) is 3. The van der Waals surface area contributed by atoms with Crippen LogP contribution in [0.4, 0.5) is 4.39 Å². The van der Waals surface area contributed by atoms with E-state index in [1.54, 1.807) is 18.2 Å². The van der Waals surface area contributed by atoms with Crippen LogP contribution in [0.15, 0.2) is 59.8 Å². The Kier molecular flexibility index (Phi) is 4.51. The fraction of sp³-hybridized carbons (Fsp3) is 0.125. The maximum absolute atomic E-state index is 12.9. The predicted octanol–water partition coefficient (Wildman–Crippen LogP) is 1.57. The number of hydrogen-bond donors (Lipinski definition) is 1. The van der Waals surface area contributed by atoms with E-state index in [1.165, 1.54) is 18.1 Å². The molecule has 1 heterocycles. The molecule has 9 heteroatoms. The van der Waals surface area contributed by atoms with Gasteiger partial charge in [0, 0.05) is 7.05 Å². The fourth-order valence-electron chi connectivity index (χ4n) is 2.29. The summed E-state index contributed by atoms with van der Waals surface area (Å²) < 4.78 is 40.1. The molecule has 0 saturated heterocycles. The lowest BCUT2D eigenvalue weighted by atomic mass is 10.3. The van der Waals surface area contributed by atoms with Gasteiger partial charge >= 0.3 is 0 Å². The van der Waals surface area contributed by atoms with Crippen molar-refractivity contribution in [1.82, 2.24) is 14.0 Å². The minimum atomic E-state index is -3.89. The number of rotatable bonds is 5. The summed E-state index contributed by atoms with van der Waals surface area (Å²) >= 11 is 0. The van der Waals surface area contributed by atoms with Crippen LogP contribution in [-0.2, 0) is 14.8 Å². The van der Waals surface area contributed by atoms with Gasteiger partial charge in [-0.25, -0.2) is 22.5 Å². The molecule has 0 aliphatic rings. The number of hydrogen-bond acceptors (Lipinski definition) is 4. The van der Waals surface area contributed by atoms with Crippen molar-refractivity contribution in [3.8, 4) is 0 Å². The largest absolute Gasteiger partial charge is 0.272 e. The quantitative estimate of drug-likeness (QED) is 0.747. The second-order valence-corrected chi connectivity index (χ2v) is 7.40. The maximum Gasteiger partial charge on any atom is 0.254 e. The topological polar surface area (TPSA) is 84.3 Å². The molecular weight excluding hydrogens is 347 g/mol. The summed E-state index contributed by atoms with van der Waals surface area (Å²) in [6.07, 6.45) is 1.44. The van der Waals surface area contributed by atoms with E-state index in [0.717, 1.165) is 28.6 Å². The third-order valence-electron chi connectivity index (χ3n) is 3.59. The van der Waals surface area contributed by atoms with Crippen LogP contribution in [0, 0.1) is 5.82 Å². The highest BCUT2D eigenvalue weighted by Crippen LogP contribution is 2.15. The molecule has 1 N–H and O–H groups in total. The van der Waals surface area contributed by atoms with Gasteiger partial charge in [0.2, 0.25) is 10.0 Å². The number of likely N-dealkylation sites (N-methyl/N-ethyl adjacent to an activating group) is 1. The number of aromatic nitrogens is 2. The van der Waals surface area contributed by atoms with Crippen molar-refractivity contribution < 1.29 is 17.6 Å². The highest BCUT2D eigenvalue weighted by atomic mass is 32.2. The highest BCUT2D eigenvalue weighted by Gasteiger charge is 2.23. The standard InChI is InChI=1S/C16H15FN4O3S/c1-20(25(23,24)13-8-6-12(17)7-9-13)10-16(22)19-21-11-18-14-4-2-3-5-15(14)21/h2-9,11H,10H2,1H3,(H,19,22). The first-order valence-corrected chi connectivity index (χ1v) is 8.76. The molecule has 3 aromatic rings. The Balaban J connectivity index is 1.73. The van der Waals surface area contributed by atoms with Gasteiger partial charge in [-0.15, -0.1) is 0 Å². The average Bonchev–Trinajstić information content (AvgIpc) is 2.98. The normalized spacial score (nSPS) is 11.8. The van der Waals surface area contributed by atoms with Crippen LogP contribution in [0.1, 0.15) is 0 Å². The summed E-state index contributed by atoms with van der Waals surface area (Å²) in [5.41, 5.74) is 3.98. The van der Waals surface area contributed by atoms with Gasteiger partial charge in [0.25, 0.3) is 5.91 Å². The van der Waals surface area contributed by atoms with E-state index in [9.17, 15) is 17.6 Å². The number of carbonyl (C=O) groups excluding carboxylic acids is 1. The molecule has 0 bridgehead atoms. The summed E-state index contributed by atoms with van der Waals surface area (Å²) in [6, 6.07) is 11.6. The van der Waals surface area contributed by atoms with E-state index in [4.69, 9.17) is 0 Å². The smallest absolute Gasteiger partial charge is 0.254 e. The molecule has 25 heavy (non-hydrogen) atoms. The van der Waals surface area contributed by atoms with E-state index in [2.05, 4.69) is 10.4 Å². The number of amides is 1. The zero-order valence-electron chi connectivity index (χ0n) is 13.3. The third kappa shape index (κ3) is 3.52. The van der Waals surface area contributed by atoms with Crippen molar-refractivity contribution in [2.45, 2.75) is 4.90 Å². The third-order valence-corrected chi connectivity index (χ3v) is 5.40. The lowest BCUT2D eigenvalue weighted by Crippen LogP contribution is -2.37. The molecule has 2 aromatic carbocycles. The summed E-state index contributed by atoms with van der Waals surface area (Å²) in [6.45, 7) is -0.397. The van der Waals surface area contributed by atoms with Crippen molar-refractivity contribution in [2.75, 3.05) is 19.0 Å². The minimum Gasteiger partial charge on any atom is -0.272 e. The minimum absolute atomic E-state index is 0.0859. The monoisotopic (exact) mass is 362 g/mol. The van der Waals surface area contributed by atoms with Crippen LogP contribution < -0.4 is 5.43 Å². The van der Waals surface area contributed by atoms with Gasteiger partial charge in [-0.2, -0.15) is 4.31 Å². The van der Waals surface area contributed by atoms with Crippen molar-refractivity contribution in [1.29, 1.82) is 0 Å². The first-order chi connectivity index (χ1) is 11.9. The van der Waals surface area contributed by atoms with Crippen LogP contribution in [-0.4, -0.2) is 41.9 Å². The molecule has 3 rings (SSSR count). The van der Waals surface area contributed by atoms with Gasteiger partial charge in [0.05, 0.1) is 22.5 Å². The lowest BCUT2D eigenvalue weighted by Gasteiger charge is -2.17. The average molecular weight is 362 g/mol. The van der Waals surface area contributed by atoms with Crippen LogP contribution in [0.2, 0.25) is 0 Å². The van der Waals surface area contributed by atoms with Gasteiger partial charge in [0.15, 0.2) is 0 Å². The second kappa shape index (κ2) is 6.61. The van der Waals surface area contributed by atoms with Crippen molar-refractivity contribution in [2.24, 2.45) is 0 Å². The van der Waals surface area contributed by atoms with Gasteiger partial charge < -0.3 is 0 Å². The van der Waals surface area contributed by atoms with Crippen molar-refractivity contribution in [3.05, 3.63) is 60.7 Å². The Labute approximate surface area is 143 Å². The molecule has 0 aliphatic heterocycles. The Morgan fingerprint density at radius 2 is 1.88 bits per heavy atom. The van der Waals surface area contributed by atoms with Gasteiger partial charge in [-0.05, 0) is 36.4 Å². The first-order valence-electron chi connectivity index (χ1n) is 7.32. The molecule has 1 aromatic heterocycles. The Bertz CT molecular complexity index is 1020. The molecule has 130 valence electrons. The van der Waals surface area contributed by atoms with Crippen LogP contribution in [0.3, 0.4) is 0 Å². The lowest BCUT2D eigenvalue weighted by molar-refractivity contribution is -0.117. The number of para-hydroxylation sites is 2. The van der Waals surface area contributed by atoms with Crippen LogP contribution >= 0.6 is 0 Å². The number of sulfonamides is 1. The van der Waals surface area contributed by atoms with Crippen LogP contribution in [0.25, 0.3) is 11.0 Å². The maximum atomic E-state index is 12.9. The van der Waals surface area contributed by atoms with E-state index in [1.807, 2.05) is 6.07 Å². The van der Waals surface area contributed by atoms with E-state index in [-0.39, 0.29) is 4.90 Å². The van der Waals surface area contributed by atoms with Crippen molar-refractivity contribution >= 4 is 27.0 Å². The molecule has 0 fully saturated rings. The summed E-state index contributed by atoms with van der Waals surface area (Å²) in [5.74, 6) is -1.07. The zero-order valence-corrected chi connectivity index (χ0v) is 14.1. The van der Waals surface area contributed by atoms with E-state index >= 15 is 0 Å². The SMILES string of the molecule is CN(CC(=O)Nn1cnc2ccccc21)S(=O)(=O)c1ccc(F)cc1. The number of carbonyl (C=O) groups is 1. The molecule has 1 amide bonds. The molecule has 0 aliphatic carbocycles. The molecule has 0 atom stereocenters. The Hall–Kier alpha value is -2.78. The predicted molar refractivity (Wildman–Crippen MR) is 90.3 cm³/mol. The van der Waals surface area contributed by atoms with Crippen molar-refractivity contribution in [3.63, 3.8) is 0 Å². The molecule has 0 unspecified atom stereocenters. The number of imidazole rings is 1. The van der Waals surface area contributed by atoms with Gasteiger partial charge in [-0.3, -0.25) is 10.2 Å². The molecule has 0 saturated carbocycles. The van der Waals surface area contributed by atoms with E-state index in [0.29, 0.717) is 11.0 Å². The molecular formula is C16H15FN4O3S. The molecule has 0 spiro atoms. The second-order valence-electron chi connectivity index (χ2n) is 5.35. The summed E-state index contributed by atoms with van der Waals surface area (Å²) in [5, 5.41) is 0. The number of nitrogens with one attached hydrogen (secondary N) is 1. The number of benzene rings is 2. The summed E-state index contributed by atoms with van der Waals surface area (Å²) in [7, 11) is -2.61. The molecule has 7 nitrogen and oxygen atoms in total. The van der Waals surface area contributed by atoms with Gasteiger partial charge in [-0.1, -0.05) is 12.1 Å². The zero-order chi connectivity index (χ0) is 18.0. The van der Waals surface area contributed by atoms with E-state index < -0.39 is 28.3 Å².